The van der Waals surface area contributed by atoms with Crippen molar-refractivity contribution in [3.63, 3.8) is 0 Å². The van der Waals surface area contributed by atoms with E-state index in [0.29, 0.717) is 12.2 Å². The first-order valence-corrected chi connectivity index (χ1v) is 4.89. The van der Waals surface area contributed by atoms with Gasteiger partial charge in [-0.2, -0.15) is 0 Å². The number of rotatable bonds is 3. The fourth-order valence-corrected chi connectivity index (χ4v) is 1.32. The number of benzene rings is 1. The number of carbonyl (C=O) groups is 1. The van der Waals surface area contributed by atoms with Gasteiger partial charge in [0.2, 0.25) is 0 Å². The molecule has 0 atom stereocenters. The van der Waals surface area contributed by atoms with Crippen LogP contribution in [0, 0.1) is 13.8 Å². The predicted octanol–water partition coefficient (Wildman–Crippen LogP) is 2.87. The highest BCUT2D eigenvalue weighted by Crippen LogP contribution is 2.11. The second-order valence-electron chi connectivity index (χ2n) is 3.45. The molecule has 0 aliphatic carbocycles. The lowest BCUT2D eigenvalue weighted by atomic mass is 10.1. The van der Waals surface area contributed by atoms with E-state index in [1.165, 1.54) is 0 Å². The average Bonchev–Trinajstić information content (AvgIpc) is 2.14. The van der Waals surface area contributed by atoms with E-state index in [2.05, 4.69) is 0 Å². The van der Waals surface area contributed by atoms with E-state index < -0.39 is 0 Å². The fraction of sp³-hybridized carbons (Fsp3) is 0.417. The first-order valence-electron chi connectivity index (χ1n) is 4.89. The van der Waals surface area contributed by atoms with Gasteiger partial charge in [-0.1, -0.05) is 24.6 Å². The van der Waals surface area contributed by atoms with Gasteiger partial charge in [0, 0.05) is 0 Å². The highest BCUT2D eigenvalue weighted by Gasteiger charge is 2.09. The van der Waals surface area contributed by atoms with Crippen molar-refractivity contribution >= 4 is 5.97 Å². The maximum Gasteiger partial charge on any atom is 0.338 e. The van der Waals surface area contributed by atoms with Crippen molar-refractivity contribution in [3.05, 3.63) is 34.9 Å². The Bertz CT molecular complexity index is 329. The third-order valence-corrected chi connectivity index (χ3v) is 2.04. The summed E-state index contributed by atoms with van der Waals surface area (Å²) in [5.41, 5.74) is 2.81. The highest BCUT2D eigenvalue weighted by molar-refractivity contribution is 5.91. The lowest BCUT2D eigenvalue weighted by Crippen LogP contribution is -2.07. The van der Waals surface area contributed by atoms with E-state index >= 15 is 0 Å². The van der Waals surface area contributed by atoms with E-state index in [0.717, 1.165) is 17.5 Å². The summed E-state index contributed by atoms with van der Waals surface area (Å²) in [7, 11) is 0. The molecule has 1 aromatic carbocycles. The molecule has 0 saturated carbocycles. The van der Waals surface area contributed by atoms with Crippen molar-refractivity contribution in [2.24, 2.45) is 0 Å². The summed E-state index contributed by atoms with van der Waals surface area (Å²) in [5.74, 6) is -0.218. The van der Waals surface area contributed by atoms with Crippen LogP contribution in [-0.2, 0) is 4.74 Å². The molecule has 0 heterocycles. The molecule has 0 fully saturated rings. The Balaban J connectivity index is 2.80. The third kappa shape index (κ3) is 2.59. The lowest BCUT2D eigenvalue weighted by Gasteiger charge is -2.06. The zero-order valence-corrected chi connectivity index (χ0v) is 8.96. The molecule has 0 amide bonds. The molecule has 0 unspecified atom stereocenters. The number of ether oxygens (including phenoxy) is 1. The number of carbonyl (C=O) groups excluding carboxylic acids is 1. The van der Waals surface area contributed by atoms with Crippen LogP contribution in [0.1, 0.15) is 34.8 Å². The first kappa shape index (κ1) is 10.8. The summed E-state index contributed by atoms with van der Waals surface area (Å²) >= 11 is 0. The Hall–Kier alpha value is -1.31. The molecule has 1 rings (SSSR count). The number of esters is 1. The van der Waals surface area contributed by atoms with Crippen molar-refractivity contribution in [3.8, 4) is 0 Å². The zero-order chi connectivity index (χ0) is 10.6. The standard InChI is InChI=1S/C12H16O2/c1-4-7-14-12(13)11-6-5-9(2)8-10(11)3/h5-6,8H,4,7H2,1-3H3. The summed E-state index contributed by atoms with van der Waals surface area (Å²) in [6.07, 6.45) is 0.858. The minimum Gasteiger partial charge on any atom is -0.462 e. The molecule has 0 radical (unpaired) electrons. The lowest BCUT2D eigenvalue weighted by molar-refractivity contribution is 0.0504. The van der Waals surface area contributed by atoms with E-state index in [4.69, 9.17) is 4.74 Å². The van der Waals surface area contributed by atoms with Gasteiger partial charge in [0.15, 0.2) is 0 Å². The number of hydrogen-bond acceptors (Lipinski definition) is 2. The molecule has 0 spiro atoms. The van der Waals surface area contributed by atoms with Crippen molar-refractivity contribution in [2.75, 3.05) is 6.61 Å². The SMILES string of the molecule is CCCOC(=O)c1ccc(C)cc1C. The van der Waals surface area contributed by atoms with Gasteiger partial charge in [-0.3, -0.25) is 0 Å². The first-order chi connectivity index (χ1) is 6.65. The molecule has 14 heavy (non-hydrogen) atoms. The van der Waals surface area contributed by atoms with Crippen molar-refractivity contribution < 1.29 is 9.53 Å². The summed E-state index contributed by atoms with van der Waals surface area (Å²) in [5, 5.41) is 0. The molecule has 0 aliphatic rings. The van der Waals surface area contributed by atoms with Crippen LogP contribution in [0.15, 0.2) is 18.2 Å². The van der Waals surface area contributed by atoms with Crippen molar-refractivity contribution in [1.29, 1.82) is 0 Å². The molecular weight excluding hydrogens is 176 g/mol. The summed E-state index contributed by atoms with van der Waals surface area (Å²) < 4.78 is 5.06. The van der Waals surface area contributed by atoms with E-state index in [-0.39, 0.29) is 5.97 Å². The Morgan fingerprint density at radius 1 is 1.36 bits per heavy atom. The summed E-state index contributed by atoms with van der Waals surface area (Å²) in [6, 6.07) is 5.74. The molecular formula is C12H16O2. The largest absolute Gasteiger partial charge is 0.462 e. The van der Waals surface area contributed by atoms with Crippen molar-refractivity contribution in [2.45, 2.75) is 27.2 Å². The van der Waals surface area contributed by atoms with E-state index in [9.17, 15) is 4.79 Å². The Morgan fingerprint density at radius 3 is 2.64 bits per heavy atom. The van der Waals surface area contributed by atoms with Crippen LogP contribution in [0.3, 0.4) is 0 Å². The van der Waals surface area contributed by atoms with Crippen LogP contribution in [0.5, 0.6) is 0 Å². The van der Waals surface area contributed by atoms with Crippen LogP contribution in [0.2, 0.25) is 0 Å². The fourth-order valence-electron chi connectivity index (χ4n) is 1.32. The topological polar surface area (TPSA) is 26.3 Å². The van der Waals surface area contributed by atoms with Crippen LogP contribution in [0.25, 0.3) is 0 Å². The second-order valence-corrected chi connectivity index (χ2v) is 3.45. The van der Waals surface area contributed by atoms with Gasteiger partial charge in [0.1, 0.15) is 0 Å². The molecule has 0 aliphatic heterocycles. The van der Waals surface area contributed by atoms with E-state index in [1.807, 2.05) is 39.0 Å². The second kappa shape index (κ2) is 4.80. The minimum atomic E-state index is -0.218. The monoisotopic (exact) mass is 192 g/mol. The maximum atomic E-state index is 11.5. The van der Waals surface area contributed by atoms with E-state index in [1.54, 1.807) is 0 Å². The summed E-state index contributed by atoms with van der Waals surface area (Å²) in [6.45, 7) is 6.41. The van der Waals surface area contributed by atoms with Gasteiger partial charge in [-0.15, -0.1) is 0 Å². The molecule has 0 aromatic heterocycles. The highest BCUT2D eigenvalue weighted by atomic mass is 16.5. The van der Waals surface area contributed by atoms with Crippen LogP contribution in [-0.4, -0.2) is 12.6 Å². The molecule has 0 N–H and O–H groups in total. The summed E-state index contributed by atoms with van der Waals surface area (Å²) in [4.78, 5) is 11.5. The maximum absolute atomic E-state index is 11.5. The number of hydrogen-bond donors (Lipinski definition) is 0. The quantitative estimate of drug-likeness (QED) is 0.688. The molecule has 76 valence electrons. The smallest absolute Gasteiger partial charge is 0.338 e. The van der Waals surface area contributed by atoms with Crippen LogP contribution >= 0.6 is 0 Å². The zero-order valence-electron chi connectivity index (χ0n) is 8.96. The molecule has 2 heteroatoms. The Morgan fingerprint density at radius 2 is 2.07 bits per heavy atom. The molecule has 2 nitrogen and oxygen atoms in total. The van der Waals surface area contributed by atoms with Gasteiger partial charge >= 0.3 is 5.97 Å². The predicted molar refractivity (Wildman–Crippen MR) is 56.5 cm³/mol. The van der Waals surface area contributed by atoms with Gasteiger partial charge in [0.05, 0.1) is 12.2 Å². The van der Waals surface area contributed by atoms with Gasteiger partial charge in [-0.05, 0) is 31.9 Å². The van der Waals surface area contributed by atoms with Gasteiger partial charge < -0.3 is 4.74 Å². The molecule has 0 bridgehead atoms. The van der Waals surface area contributed by atoms with Crippen LogP contribution in [0.4, 0.5) is 0 Å². The minimum absolute atomic E-state index is 0.218. The van der Waals surface area contributed by atoms with Gasteiger partial charge in [0.25, 0.3) is 0 Å². The van der Waals surface area contributed by atoms with Gasteiger partial charge in [-0.25, -0.2) is 4.79 Å². The molecule has 1 aromatic rings. The number of aryl methyl sites for hydroxylation is 2. The van der Waals surface area contributed by atoms with Crippen LogP contribution < -0.4 is 0 Å². The normalized spacial score (nSPS) is 9.93. The molecule has 0 saturated heterocycles. The Kier molecular flexibility index (Phi) is 3.69. The van der Waals surface area contributed by atoms with Crippen molar-refractivity contribution in [1.82, 2.24) is 0 Å². The Labute approximate surface area is 84.9 Å². The third-order valence-electron chi connectivity index (χ3n) is 2.04. The average molecular weight is 192 g/mol.